The summed E-state index contributed by atoms with van der Waals surface area (Å²) >= 11 is 1.93. The van der Waals surface area contributed by atoms with Crippen molar-refractivity contribution >= 4 is 54.0 Å². The third-order valence-electron chi connectivity index (χ3n) is 14.1. The lowest BCUT2D eigenvalue weighted by atomic mass is 9.94. The summed E-state index contributed by atoms with van der Waals surface area (Å²) in [5.41, 5.74) is -1.34. The lowest BCUT2D eigenvalue weighted by Gasteiger charge is -2.25. The van der Waals surface area contributed by atoms with Crippen LogP contribution in [0, 0.1) is 0 Å². The van der Waals surface area contributed by atoms with Crippen LogP contribution in [0.4, 0.5) is 26.3 Å². The number of allylic oxidation sites excluding steroid dienone is 2. The molecule has 1 aliphatic rings. The number of aryl methyl sites for hydroxylation is 2. The fourth-order valence-electron chi connectivity index (χ4n) is 10.1. The Balaban J connectivity index is 1.21. The van der Waals surface area contributed by atoms with Crippen molar-refractivity contribution in [2.24, 2.45) is 0 Å². The normalized spacial score (nSPS) is 15.6. The average Bonchev–Trinajstić information content (AvgIpc) is 3.87. The van der Waals surface area contributed by atoms with Crippen LogP contribution in [0.2, 0.25) is 0 Å². The number of halogens is 6. The van der Waals surface area contributed by atoms with Crippen LogP contribution < -0.4 is 0 Å². The summed E-state index contributed by atoms with van der Waals surface area (Å²) in [6.07, 6.45) is 39.3. The maximum absolute atomic E-state index is 16.5. The maximum Gasteiger partial charge on any atom is 0.380 e. The smallest absolute Gasteiger partial charge is 0.194 e. The Morgan fingerprint density at radius 2 is 0.585 bits per heavy atom. The van der Waals surface area contributed by atoms with Gasteiger partial charge in [0.2, 0.25) is 0 Å². The van der Waals surface area contributed by atoms with Crippen LogP contribution in [0.25, 0.3) is 31.3 Å². The number of hydrogen-bond acceptors (Lipinski definition) is 2. The number of hydrogen-bond donors (Lipinski definition) is 0. The van der Waals surface area contributed by atoms with Crippen molar-refractivity contribution in [3.63, 3.8) is 0 Å². The number of benzene rings is 2. The summed E-state index contributed by atoms with van der Waals surface area (Å²) in [5.74, 6) is -15.7. The van der Waals surface area contributed by atoms with Gasteiger partial charge in [-0.2, -0.15) is 26.3 Å². The first kappa shape index (κ1) is 53.6. The Bertz CT molecular complexity index is 1830. The minimum Gasteiger partial charge on any atom is -0.194 e. The van der Waals surface area contributed by atoms with Crippen LogP contribution in [-0.4, -0.2) is 17.8 Å². The molecule has 8 heteroatoms. The molecular weight excluding hydrogens is 863 g/mol. The molecule has 0 saturated heterocycles. The van der Waals surface area contributed by atoms with E-state index in [9.17, 15) is 0 Å². The molecule has 0 nitrogen and oxygen atoms in total. The van der Waals surface area contributed by atoms with E-state index in [2.05, 4.69) is 13.8 Å². The van der Waals surface area contributed by atoms with Crippen LogP contribution >= 0.6 is 22.7 Å². The summed E-state index contributed by atoms with van der Waals surface area (Å²) in [6, 6.07) is 14.4. The third-order valence-corrected chi connectivity index (χ3v) is 16.5. The molecule has 1 aliphatic carbocycles. The quantitative estimate of drug-likeness (QED) is 0.0315. The standard InChI is InChI=1S/C57H82F6S2/c1-3-5-7-9-11-13-15-17-19-21-23-25-27-29-31-33-41-47-45-39-35-37-43-49(45)64-53(47)51-52(56(60,61)57(62,63)55(51,58)59)54-48(46-40-36-38-44-50(46)65-54)42-34-32-30-28-26-24-22-20-18-16-14-12-10-8-6-4-2/h35-40,43-44H,3-34,41-42H2,1-2H3. The highest BCUT2D eigenvalue weighted by atomic mass is 32.1. The summed E-state index contributed by atoms with van der Waals surface area (Å²) < 4.78 is 98.8. The molecule has 0 bridgehead atoms. The van der Waals surface area contributed by atoms with Gasteiger partial charge in [-0.25, -0.2) is 0 Å². The predicted octanol–water partition coefficient (Wildman–Crippen LogP) is 21.6. The van der Waals surface area contributed by atoms with Crippen LogP contribution in [0.1, 0.15) is 240 Å². The second-order valence-electron chi connectivity index (χ2n) is 19.4. The molecule has 0 saturated carbocycles. The lowest BCUT2D eigenvalue weighted by Crippen LogP contribution is -2.48. The van der Waals surface area contributed by atoms with Gasteiger partial charge in [0.05, 0.1) is 11.1 Å². The van der Waals surface area contributed by atoms with Crippen LogP contribution in [-0.2, 0) is 12.8 Å². The fourth-order valence-corrected chi connectivity index (χ4v) is 12.8. The predicted molar refractivity (Wildman–Crippen MR) is 272 cm³/mol. The second-order valence-corrected chi connectivity index (χ2v) is 21.5. The SMILES string of the molecule is CCCCCCCCCCCCCCCCCCc1c(C2=C(c3sc4ccccc4c3CCCCCCCCCCCCCCCCCC)C(F)(F)C(F)(F)C2(F)F)sc2ccccc12. The Morgan fingerprint density at radius 3 is 0.862 bits per heavy atom. The minimum atomic E-state index is -5.58. The van der Waals surface area contributed by atoms with Gasteiger partial charge in [-0.3, -0.25) is 0 Å². The van der Waals surface area contributed by atoms with E-state index in [1.165, 1.54) is 141 Å². The van der Waals surface area contributed by atoms with E-state index in [4.69, 9.17) is 0 Å². The van der Waals surface area contributed by atoms with E-state index in [0.717, 1.165) is 74.0 Å². The topological polar surface area (TPSA) is 0 Å². The van der Waals surface area contributed by atoms with Gasteiger partial charge in [0, 0.05) is 19.2 Å². The van der Waals surface area contributed by atoms with E-state index < -0.39 is 28.9 Å². The van der Waals surface area contributed by atoms with Crippen molar-refractivity contribution < 1.29 is 26.3 Å². The summed E-state index contributed by atoms with van der Waals surface area (Å²) in [6.45, 7) is 4.50. The van der Waals surface area contributed by atoms with Gasteiger partial charge in [-0.05, 0) is 59.7 Å². The van der Waals surface area contributed by atoms with E-state index in [0.29, 0.717) is 57.0 Å². The zero-order valence-corrected chi connectivity index (χ0v) is 41.9. The molecule has 0 radical (unpaired) electrons. The van der Waals surface area contributed by atoms with Crippen molar-refractivity contribution in [1.29, 1.82) is 0 Å². The molecule has 364 valence electrons. The monoisotopic (exact) mass is 945 g/mol. The van der Waals surface area contributed by atoms with Crippen molar-refractivity contribution in [3.05, 3.63) is 69.4 Å². The fraction of sp³-hybridized carbons (Fsp3) is 0.684. The van der Waals surface area contributed by atoms with Gasteiger partial charge in [0.1, 0.15) is 0 Å². The molecule has 0 unspecified atom stereocenters. The first-order valence-corrected chi connectivity index (χ1v) is 28.1. The zero-order chi connectivity index (χ0) is 46.4. The van der Waals surface area contributed by atoms with Crippen LogP contribution in [0.3, 0.4) is 0 Å². The van der Waals surface area contributed by atoms with E-state index in [1.807, 2.05) is 24.3 Å². The van der Waals surface area contributed by atoms with Gasteiger partial charge in [0.25, 0.3) is 0 Å². The van der Waals surface area contributed by atoms with Crippen LogP contribution in [0.15, 0.2) is 48.5 Å². The molecule has 0 atom stereocenters. The third kappa shape index (κ3) is 14.8. The summed E-state index contributed by atoms with van der Waals surface area (Å²) in [5, 5.41) is 1.39. The largest absolute Gasteiger partial charge is 0.380 e. The number of unbranched alkanes of at least 4 members (excludes halogenated alkanes) is 30. The first-order valence-electron chi connectivity index (χ1n) is 26.5. The Morgan fingerprint density at radius 1 is 0.338 bits per heavy atom. The van der Waals surface area contributed by atoms with Crippen molar-refractivity contribution in [2.75, 3.05) is 0 Å². The van der Waals surface area contributed by atoms with Crippen molar-refractivity contribution in [1.82, 2.24) is 0 Å². The summed E-state index contributed by atoms with van der Waals surface area (Å²) in [7, 11) is 0. The van der Waals surface area contributed by atoms with Gasteiger partial charge in [0.15, 0.2) is 0 Å². The first-order chi connectivity index (χ1) is 31.6. The molecule has 2 heterocycles. The lowest BCUT2D eigenvalue weighted by molar-refractivity contribution is -0.254. The van der Waals surface area contributed by atoms with E-state index in [-0.39, 0.29) is 9.75 Å². The van der Waals surface area contributed by atoms with E-state index >= 15 is 26.3 Å². The number of fused-ring (bicyclic) bond motifs is 2. The number of rotatable bonds is 36. The molecule has 65 heavy (non-hydrogen) atoms. The highest BCUT2D eigenvalue weighted by molar-refractivity contribution is 7.21. The maximum atomic E-state index is 16.5. The second kappa shape index (κ2) is 28.2. The molecule has 5 rings (SSSR count). The van der Waals surface area contributed by atoms with E-state index in [1.54, 1.807) is 24.3 Å². The minimum absolute atomic E-state index is 0.102. The van der Waals surface area contributed by atoms with Gasteiger partial charge < -0.3 is 0 Å². The molecular formula is C57H82F6S2. The highest BCUT2D eigenvalue weighted by Crippen LogP contribution is 2.67. The van der Waals surface area contributed by atoms with Crippen molar-refractivity contribution in [2.45, 2.75) is 250 Å². The average molecular weight is 945 g/mol. The molecule has 2 aromatic heterocycles. The molecule has 4 aromatic rings. The highest BCUT2D eigenvalue weighted by Gasteiger charge is 2.81. The Labute approximate surface area is 397 Å². The van der Waals surface area contributed by atoms with Crippen molar-refractivity contribution in [3.8, 4) is 0 Å². The Hall–Kier alpha value is -2.32. The van der Waals surface area contributed by atoms with Gasteiger partial charge >= 0.3 is 17.8 Å². The van der Waals surface area contributed by atoms with Gasteiger partial charge in [-0.1, -0.05) is 243 Å². The molecule has 0 amide bonds. The molecule has 0 spiro atoms. The van der Waals surface area contributed by atoms with Crippen LogP contribution in [0.5, 0.6) is 0 Å². The van der Waals surface area contributed by atoms with Gasteiger partial charge in [-0.15, -0.1) is 22.7 Å². The zero-order valence-electron chi connectivity index (χ0n) is 40.2. The summed E-state index contributed by atoms with van der Waals surface area (Å²) in [4.78, 5) is -0.204. The number of thiophene rings is 2. The number of alkyl halides is 6. The molecule has 2 aromatic carbocycles. The Kier molecular flexibility index (Phi) is 23.3. The molecule has 0 fully saturated rings. The molecule has 0 aliphatic heterocycles. The molecule has 0 N–H and O–H groups in total.